The summed E-state index contributed by atoms with van der Waals surface area (Å²) in [6.07, 6.45) is 3.50. The maximum atomic E-state index is 12.1. The molecule has 0 radical (unpaired) electrons. The number of aliphatic carboxylic acids is 1. The Kier molecular flexibility index (Phi) is 5.84. The minimum atomic E-state index is -0.969. The number of hydrogen-bond donors (Lipinski definition) is 2. The first-order chi connectivity index (χ1) is 9.25. The molecule has 2 N–H and O–H groups in total. The molecule has 1 aliphatic heterocycles. The van der Waals surface area contributed by atoms with Gasteiger partial charge in [-0.25, -0.2) is 9.59 Å². The van der Waals surface area contributed by atoms with E-state index in [1.54, 1.807) is 11.8 Å². The van der Waals surface area contributed by atoms with Gasteiger partial charge in [0.25, 0.3) is 0 Å². The maximum absolute atomic E-state index is 12.1. The van der Waals surface area contributed by atoms with Crippen LogP contribution in [-0.4, -0.2) is 41.1 Å². The Hall–Kier alpha value is -1.26. The van der Waals surface area contributed by atoms with E-state index in [2.05, 4.69) is 26.1 Å². The lowest BCUT2D eigenvalue weighted by Gasteiger charge is -2.30. The predicted octanol–water partition coefficient (Wildman–Crippen LogP) is 2.71. The summed E-state index contributed by atoms with van der Waals surface area (Å²) in [5.74, 6) is -0.356. The van der Waals surface area contributed by atoms with E-state index in [1.165, 1.54) is 0 Å². The van der Waals surface area contributed by atoms with E-state index in [4.69, 9.17) is 5.11 Å². The number of amides is 2. The number of nitrogens with one attached hydrogen (secondary N) is 1. The van der Waals surface area contributed by atoms with Gasteiger partial charge in [0.1, 0.15) is 6.04 Å². The van der Waals surface area contributed by atoms with Gasteiger partial charge in [0.15, 0.2) is 0 Å². The smallest absolute Gasteiger partial charge is 0.326 e. The number of hydrogen-bond acceptors (Lipinski definition) is 2. The highest BCUT2D eigenvalue weighted by Crippen LogP contribution is 2.34. The van der Waals surface area contributed by atoms with Gasteiger partial charge in [0.2, 0.25) is 0 Å². The second kappa shape index (κ2) is 6.95. The van der Waals surface area contributed by atoms with Crippen LogP contribution >= 0.6 is 0 Å². The summed E-state index contributed by atoms with van der Waals surface area (Å²) in [5, 5.41) is 11.6. The number of carbonyl (C=O) groups is 2. The van der Waals surface area contributed by atoms with Crippen LogP contribution in [0.3, 0.4) is 0 Å². The van der Waals surface area contributed by atoms with E-state index in [-0.39, 0.29) is 11.4 Å². The first kappa shape index (κ1) is 16.8. The largest absolute Gasteiger partial charge is 0.480 e. The van der Waals surface area contributed by atoms with Gasteiger partial charge in [0, 0.05) is 13.1 Å². The van der Waals surface area contributed by atoms with Crippen molar-refractivity contribution in [3.05, 3.63) is 0 Å². The Morgan fingerprint density at radius 1 is 1.30 bits per heavy atom. The van der Waals surface area contributed by atoms with Gasteiger partial charge in [-0.1, -0.05) is 27.7 Å². The molecule has 0 spiro atoms. The lowest BCUT2D eigenvalue weighted by Crippen LogP contribution is -2.48. The second-order valence-electron chi connectivity index (χ2n) is 6.73. The quantitative estimate of drug-likeness (QED) is 0.837. The van der Waals surface area contributed by atoms with E-state index in [1.807, 2.05) is 0 Å². The van der Waals surface area contributed by atoms with Gasteiger partial charge in [0.05, 0.1) is 0 Å². The number of urea groups is 1. The van der Waals surface area contributed by atoms with Crippen molar-refractivity contribution in [1.82, 2.24) is 10.2 Å². The van der Waals surface area contributed by atoms with Crippen LogP contribution in [-0.2, 0) is 4.79 Å². The van der Waals surface area contributed by atoms with Crippen LogP contribution in [0.5, 0.6) is 0 Å². The van der Waals surface area contributed by atoms with Gasteiger partial charge in [-0.2, -0.15) is 0 Å². The minimum absolute atomic E-state index is 0.242. The zero-order valence-corrected chi connectivity index (χ0v) is 13.1. The molecule has 2 atom stereocenters. The van der Waals surface area contributed by atoms with Gasteiger partial charge in [-0.15, -0.1) is 0 Å². The third kappa shape index (κ3) is 4.69. The van der Waals surface area contributed by atoms with Crippen molar-refractivity contribution in [3.63, 3.8) is 0 Å². The van der Waals surface area contributed by atoms with Gasteiger partial charge in [-0.05, 0) is 37.0 Å². The molecule has 2 amide bonds. The molecular weight excluding hydrogens is 256 g/mol. The van der Waals surface area contributed by atoms with Gasteiger partial charge < -0.3 is 15.3 Å². The molecule has 1 rings (SSSR count). The minimum Gasteiger partial charge on any atom is -0.480 e. The SMILES string of the molecule is CCC(NC(=O)N1CCCC(C(C)(C)C)CC1)C(=O)O. The highest BCUT2D eigenvalue weighted by atomic mass is 16.4. The number of likely N-dealkylation sites (tertiary alicyclic amines) is 1. The van der Waals surface area contributed by atoms with Crippen LogP contribution in [0.4, 0.5) is 4.79 Å². The maximum Gasteiger partial charge on any atom is 0.326 e. The van der Waals surface area contributed by atoms with E-state index in [0.29, 0.717) is 25.4 Å². The van der Waals surface area contributed by atoms with E-state index in [0.717, 1.165) is 19.3 Å². The molecule has 0 saturated carbocycles. The Bertz CT molecular complexity index is 350. The van der Waals surface area contributed by atoms with Crippen LogP contribution < -0.4 is 5.32 Å². The lowest BCUT2D eigenvalue weighted by molar-refractivity contribution is -0.139. The molecule has 2 unspecified atom stereocenters. The summed E-state index contributed by atoms with van der Waals surface area (Å²) in [5.41, 5.74) is 0.263. The molecule has 1 fully saturated rings. The summed E-state index contributed by atoms with van der Waals surface area (Å²) < 4.78 is 0. The van der Waals surface area contributed by atoms with Crippen LogP contribution in [0.15, 0.2) is 0 Å². The van der Waals surface area contributed by atoms with Crippen molar-refractivity contribution >= 4 is 12.0 Å². The second-order valence-corrected chi connectivity index (χ2v) is 6.73. The number of rotatable bonds is 3. The topological polar surface area (TPSA) is 69.6 Å². The van der Waals surface area contributed by atoms with E-state index < -0.39 is 12.0 Å². The van der Waals surface area contributed by atoms with Gasteiger partial charge >= 0.3 is 12.0 Å². The van der Waals surface area contributed by atoms with Crippen molar-refractivity contribution in [3.8, 4) is 0 Å². The van der Waals surface area contributed by atoms with Crippen molar-refractivity contribution in [2.75, 3.05) is 13.1 Å². The Morgan fingerprint density at radius 3 is 2.45 bits per heavy atom. The fourth-order valence-electron chi connectivity index (χ4n) is 2.74. The average Bonchev–Trinajstić information content (AvgIpc) is 2.60. The zero-order chi connectivity index (χ0) is 15.3. The Morgan fingerprint density at radius 2 is 1.95 bits per heavy atom. The summed E-state index contributed by atoms with van der Waals surface area (Å²) in [6.45, 7) is 9.91. The van der Waals surface area contributed by atoms with Crippen molar-refractivity contribution < 1.29 is 14.7 Å². The molecule has 116 valence electrons. The molecule has 0 bridgehead atoms. The van der Waals surface area contributed by atoms with Crippen molar-refractivity contribution in [2.24, 2.45) is 11.3 Å². The van der Waals surface area contributed by atoms with Crippen LogP contribution in [0.2, 0.25) is 0 Å². The first-order valence-corrected chi connectivity index (χ1v) is 7.54. The molecule has 5 nitrogen and oxygen atoms in total. The summed E-state index contributed by atoms with van der Waals surface area (Å²) in [4.78, 5) is 24.9. The molecule has 0 aromatic heterocycles. The van der Waals surface area contributed by atoms with Gasteiger partial charge in [-0.3, -0.25) is 0 Å². The molecule has 0 aromatic rings. The fraction of sp³-hybridized carbons (Fsp3) is 0.867. The van der Waals surface area contributed by atoms with Crippen molar-refractivity contribution in [2.45, 2.75) is 59.4 Å². The Labute approximate surface area is 121 Å². The standard InChI is InChI=1S/C15H28N2O3/c1-5-12(13(18)19)16-14(20)17-9-6-7-11(8-10-17)15(2,3)4/h11-12H,5-10H2,1-4H3,(H,16,20)(H,18,19). The summed E-state index contributed by atoms with van der Waals surface area (Å²) in [6, 6.07) is -1.03. The zero-order valence-electron chi connectivity index (χ0n) is 13.1. The molecule has 0 aromatic carbocycles. The molecule has 1 saturated heterocycles. The van der Waals surface area contributed by atoms with E-state index >= 15 is 0 Å². The monoisotopic (exact) mass is 284 g/mol. The van der Waals surface area contributed by atoms with Crippen LogP contribution in [0, 0.1) is 11.3 Å². The molecule has 0 aliphatic carbocycles. The molecule has 1 aliphatic rings. The van der Waals surface area contributed by atoms with Crippen LogP contribution in [0.25, 0.3) is 0 Å². The highest BCUT2D eigenvalue weighted by Gasteiger charge is 2.29. The summed E-state index contributed by atoms with van der Waals surface area (Å²) >= 11 is 0. The number of nitrogens with zero attached hydrogens (tertiary/aromatic N) is 1. The third-order valence-electron chi connectivity index (χ3n) is 4.24. The molecule has 5 heteroatoms. The third-order valence-corrected chi connectivity index (χ3v) is 4.24. The average molecular weight is 284 g/mol. The van der Waals surface area contributed by atoms with Crippen molar-refractivity contribution in [1.29, 1.82) is 0 Å². The Balaban J connectivity index is 2.56. The predicted molar refractivity (Wildman–Crippen MR) is 78.6 cm³/mol. The molecular formula is C15H28N2O3. The first-order valence-electron chi connectivity index (χ1n) is 7.54. The number of carboxylic acids is 1. The fourth-order valence-corrected chi connectivity index (χ4v) is 2.74. The number of carboxylic acid groups (broad SMARTS) is 1. The lowest BCUT2D eigenvalue weighted by atomic mass is 9.77. The van der Waals surface area contributed by atoms with Crippen LogP contribution in [0.1, 0.15) is 53.4 Å². The highest BCUT2D eigenvalue weighted by molar-refractivity contribution is 5.82. The molecule has 1 heterocycles. The number of carbonyl (C=O) groups excluding carboxylic acids is 1. The molecule has 20 heavy (non-hydrogen) atoms. The summed E-state index contributed by atoms with van der Waals surface area (Å²) in [7, 11) is 0. The normalized spacial score (nSPS) is 22.0. The van der Waals surface area contributed by atoms with E-state index in [9.17, 15) is 9.59 Å².